The Kier molecular flexibility index (Phi) is 6.80. The fraction of sp³-hybridized carbons (Fsp3) is 0.933. The number of rotatable bonds is 6. The molecule has 0 saturated carbocycles. The summed E-state index contributed by atoms with van der Waals surface area (Å²) in [6.45, 7) is 9.48. The monoisotopic (exact) mass is 269 g/mol. The molecule has 0 spiro atoms. The van der Waals surface area contributed by atoms with Gasteiger partial charge in [0.05, 0.1) is 0 Å². The quantitative estimate of drug-likeness (QED) is 0.798. The summed E-state index contributed by atoms with van der Waals surface area (Å²) in [6, 6.07) is 1.04. The van der Waals surface area contributed by atoms with E-state index in [0.29, 0.717) is 31.0 Å². The molecule has 1 aliphatic rings. The summed E-state index contributed by atoms with van der Waals surface area (Å²) < 4.78 is 0. The predicted molar refractivity (Wildman–Crippen MR) is 80.0 cm³/mol. The van der Waals surface area contributed by atoms with Crippen LogP contribution in [0.2, 0.25) is 0 Å². The summed E-state index contributed by atoms with van der Waals surface area (Å²) >= 11 is 0. The van der Waals surface area contributed by atoms with E-state index >= 15 is 0 Å². The number of amides is 1. The second kappa shape index (κ2) is 7.85. The van der Waals surface area contributed by atoms with Crippen LogP contribution in [-0.2, 0) is 4.79 Å². The van der Waals surface area contributed by atoms with Gasteiger partial charge in [-0.05, 0) is 45.6 Å². The molecule has 1 heterocycles. The van der Waals surface area contributed by atoms with E-state index in [0.717, 1.165) is 32.4 Å². The molecule has 1 aliphatic heterocycles. The Balaban J connectivity index is 2.33. The highest BCUT2D eigenvalue weighted by molar-refractivity contribution is 5.76. The van der Waals surface area contributed by atoms with Gasteiger partial charge in [-0.2, -0.15) is 0 Å². The zero-order valence-electron chi connectivity index (χ0n) is 13.1. The maximum atomic E-state index is 12.1. The second-order valence-corrected chi connectivity index (χ2v) is 6.25. The van der Waals surface area contributed by atoms with Crippen molar-refractivity contribution in [2.45, 2.75) is 58.5 Å². The van der Waals surface area contributed by atoms with E-state index in [1.165, 1.54) is 0 Å². The third-order valence-corrected chi connectivity index (χ3v) is 4.42. The van der Waals surface area contributed by atoms with Gasteiger partial charge < -0.3 is 15.5 Å². The Morgan fingerprint density at radius 1 is 1.32 bits per heavy atom. The van der Waals surface area contributed by atoms with Gasteiger partial charge in [-0.25, -0.2) is 0 Å². The number of nitrogens with zero attached hydrogens (tertiary/aromatic N) is 2. The van der Waals surface area contributed by atoms with E-state index in [-0.39, 0.29) is 5.91 Å². The van der Waals surface area contributed by atoms with Crippen molar-refractivity contribution in [1.29, 1.82) is 0 Å². The molecule has 112 valence electrons. The van der Waals surface area contributed by atoms with Gasteiger partial charge >= 0.3 is 0 Å². The molecule has 0 aromatic heterocycles. The average molecular weight is 269 g/mol. The molecule has 2 N–H and O–H groups in total. The minimum atomic E-state index is 0.281. The van der Waals surface area contributed by atoms with Crippen molar-refractivity contribution in [2.24, 2.45) is 11.7 Å². The van der Waals surface area contributed by atoms with Gasteiger partial charge in [-0.3, -0.25) is 4.79 Å². The molecule has 1 atom stereocenters. The van der Waals surface area contributed by atoms with E-state index in [4.69, 9.17) is 5.73 Å². The van der Waals surface area contributed by atoms with Crippen molar-refractivity contribution < 1.29 is 4.79 Å². The van der Waals surface area contributed by atoms with Crippen LogP contribution < -0.4 is 5.73 Å². The summed E-state index contributed by atoms with van der Waals surface area (Å²) in [5, 5.41) is 0. The predicted octanol–water partition coefficient (Wildman–Crippen LogP) is 1.69. The summed E-state index contributed by atoms with van der Waals surface area (Å²) in [7, 11) is 1.96. The smallest absolute Gasteiger partial charge is 0.222 e. The zero-order valence-corrected chi connectivity index (χ0v) is 13.1. The lowest BCUT2D eigenvalue weighted by molar-refractivity contribution is -0.133. The Hall–Kier alpha value is -0.610. The molecule has 1 fully saturated rings. The van der Waals surface area contributed by atoms with Crippen molar-refractivity contribution in [3.63, 3.8) is 0 Å². The number of carbonyl (C=O) groups is 1. The van der Waals surface area contributed by atoms with Crippen molar-refractivity contribution in [2.75, 3.05) is 26.7 Å². The first-order chi connectivity index (χ1) is 8.95. The molecule has 19 heavy (non-hydrogen) atoms. The molecule has 4 heteroatoms. The Labute approximate surface area is 118 Å². The summed E-state index contributed by atoms with van der Waals surface area (Å²) in [5.74, 6) is 0.725. The molecule has 1 rings (SSSR count). The molecule has 1 unspecified atom stereocenters. The SMILES string of the molecule is CC(CN)CCC(=O)N(C)C1CCN(C(C)C)CC1. The fourth-order valence-electron chi connectivity index (χ4n) is 2.66. The topological polar surface area (TPSA) is 49.6 Å². The lowest BCUT2D eigenvalue weighted by Gasteiger charge is -2.38. The highest BCUT2D eigenvalue weighted by Crippen LogP contribution is 2.18. The van der Waals surface area contributed by atoms with E-state index in [9.17, 15) is 4.79 Å². The van der Waals surface area contributed by atoms with Crippen LogP contribution in [0.5, 0.6) is 0 Å². The second-order valence-electron chi connectivity index (χ2n) is 6.25. The molecule has 1 saturated heterocycles. The van der Waals surface area contributed by atoms with Crippen molar-refractivity contribution in [1.82, 2.24) is 9.80 Å². The van der Waals surface area contributed by atoms with Gasteiger partial charge in [0.15, 0.2) is 0 Å². The molecule has 0 aromatic rings. The molecular weight excluding hydrogens is 238 g/mol. The van der Waals surface area contributed by atoms with E-state index in [2.05, 4.69) is 25.7 Å². The van der Waals surface area contributed by atoms with Gasteiger partial charge in [0.2, 0.25) is 5.91 Å². The third kappa shape index (κ3) is 5.11. The molecule has 4 nitrogen and oxygen atoms in total. The Morgan fingerprint density at radius 3 is 2.37 bits per heavy atom. The standard InChI is InChI=1S/C15H31N3O/c1-12(2)18-9-7-14(8-10-18)17(4)15(19)6-5-13(3)11-16/h12-14H,5-11,16H2,1-4H3. The van der Waals surface area contributed by atoms with Crippen LogP contribution in [-0.4, -0.2) is 54.5 Å². The molecule has 0 aromatic carbocycles. The van der Waals surface area contributed by atoms with Gasteiger partial charge in [-0.15, -0.1) is 0 Å². The number of nitrogens with two attached hydrogens (primary N) is 1. The number of piperidine rings is 1. The molecule has 0 radical (unpaired) electrons. The number of hydrogen-bond donors (Lipinski definition) is 1. The molecule has 0 bridgehead atoms. The van der Waals surface area contributed by atoms with Crippen LogP contribution in [0.4, 0.5) is 0 Å². The lowest BCUT2D eigenvalue weighted by Crippen LogP contribution is -2.47. The van der Waals surface area contributed by atoms with Crippen LogP contribution >= 0.6 is 0 Å². The normalized spacial score (nSPS) is 19.7. The highest BCUT2D eigenvalue weighted by atomic mass is 16.2. The Bertz CT molecular complexity index is 273. The summed E-state index contributed by atoms with van der Waals surface area (Å²) in [4.78, 5) is 16.6. The van der Waals surface area contributed by atoms with E-state index < -0.39 is 0 Å². The molecule has 1 amide bonds. The lowest BCUT2D eigenvalue weighted by atomic mass is 10.0. The Morgan fingerprint density at radius 2 is 1.89 bits per heavy atom. The maximum absolute atomic E-state index is 12.1. The first kappa shape index (κ1) is 16.4. The third-order valence-electron chi connectivity index (χ3n) is 4.42. The first-order valence-electron chi connectivity index (χ1n) is 7.65. The molecule has 0 aliphatic carbocycles. The van der Waals surface area contributed by atoms with Gasteiger partial charge in [0.25, 0.3) is 0 Å². The number of carbonyl (C=O) groups excluding carboxylic acids is 1. The largest absolute Gasteiger partial charge is 0.343 e. The van der Waals surface area contributed by atoms with Gasteiger partial charge in [0.1, 0.15) is 0 Å². The summed E-state index contributed by atoms with van der Waals surface area (Å²) in [5.41, 5.74) is 5.59. The van der Waals surface area contributed by atoms with Crippen molar-refractivity contribution in [3.8, 4) is 0 Å². The van der Waals surface area contributed by atoms with Gasteiger partial charge in [-0.1, -0.05) is 6.92 Å². The number of hydrogen-bond acceptors (Lipinski definition) is 3. The first-order valence-corrected chi connectivity index (χ1v) is 7.65. The zero-order chi connectivity index (χ0) is 14.4. The minimum absolute atomic E-state index is 0.281. The number of likely N-dealkylation sites (tertiary alicyclic amines) is 1. The summed E-state index contributed by atoms with van der Waals surface area (Å²) in [6.07, 6.45) is 3.75. The van der Waals surface area contributed by atoms with Crippen molar-refractivity contribution >= 4 is 5.91 Å². The van der Waals surface area contributed by atoms with E-state index in [1.54, 1.807) is 0 Å². The van der Waals surface area contributed by atoms with Crippen LogP contribution in [0.3, 0.4) is 0 Å². The van der Waals surface area contributed by atoms with Crippen LogP contribution in [0.25, 0.3) is 0 Å². The van der Waals surface area contributed by atoms with Crippen LogP contribution in [0.15, 0.2) is 0 Å². The van der Waals surface area contributed by atoms with Crippen molar-refractivity contribution in [3.05, 3.63) is 0 Å². The van der Waals surface area contributed by atoms with E-state index in [1.807, 2.05) is 11.9 Å². The minimum Gasteiger partial charge on any atom is -0.343 e. The average Bonchev–Trinajstić information content (AvgIpc) is 2.43. The molecular formula is C15H31N3O. The van der Waals surface area contributed by atoms with Crippen LogP contribution in [0, 0.1) is 5.92 Å². The van der Waals surface area contributed by atoms with Gasteiger partial charge in [0, 0.05) is 38.6 Å². The maximum Gasteiger partial charge on any atom is 0.222 e. The highest BCUT2D eigenvalue weighted by Gasteiger charge is 2.26. The van der Waals surface area contributed by atoms with Crippen LogP contribution in [0.1, 0.15) is 46.5 Å². The fourth-order valence-corrected chi connectivity index (χ4v) is 2.66.